The van der Waals surface area contributed by atoms with Crippen LogP contribution in [0.15, 0.2) is 12.1 Å². The lowest BCUT2D eigenvalue weighted by Gasteiger charge is -2.47. The van der Waals surface area contributed by atoms with Gasteiger partial charge in [-0.05, 0) is 44.7 Å². The topological polar surface area (TPSA) is 15.3 Å². The molecule has 1 aromatic carbocycles. The van der Waals surface area contributed by atoms with Crippen molar-refractivity contribution in [3.05, 3.63) is 27.2 Å². The summed E-state index contributed by atoms with van der Waals surface area (Å²) in [6.45, 7) is 6.44. The fourth-order valence-electron chi connectivity index (χ4n) is 3.11. The van der Waals surface area contributed by atoms with E-state index in [9.17, 15) is 0 Å². The summed E-state index contributed by atoms with van der Waals surface area (Å²) in [5.41, 5.74) is 1.16. The van der Waals surface area contributed by atoms with Crippen LogP contribution < -0.4 is 10.2 Å². The summed E-state index contributed by atoms with van der Waals surface area (Å²) >= 11 is 18.6. The second-order valence-corrected chi connectivity index (χ2v) is 7.49. The van der Waals surface area contributed by atoms with Crippen LogP contribution in [0.25, 0.3) is 0 Å². The number of rotatable bonds is 2. The van der Waals surface area contributed by atoms with Crippen LogP contribution in [0, 0.1) is 5.92 Å². The van der Waals surface area contributed by atoms with Crippen molar-refractivity contribution >= 4 is 40.5 Å². The molecule has 1 saturated carbocycles. The van der Waals surface area contributed by atoms with Crippen molar-refractivity contribution in [1.82, 2.24) is 5.32 Å². The van der Waals surface area contributed by atoms with Gasteiger partial charge in [-0.2, -0.15) is 0 Å². The quantitative estimate of drug-likeness (QED) is 0.795. The van der Waals surface area contributed by atoms with Crippen LogP contribution >= 0.6 is 34.8 Å². The highest BCUT2D eigenvalue weighted by Gasteiger charge is 2.45. The third-order valence-electron chi connectivity index (χ3n) is 4.61. The molecule has 0 spiro atoms. The number of hydrogen-bond acceptors (Lipinski definition) is 2. The largest absolute Gasteiger partial charge is 0.364 e. The van der Waals surface area contributed by atoms with Gasteiger partial charge < -0.3 is 10.2 Å². The number of nitrogens with one attached hydrogen (secondary N) is 1. The number of anilines is 1. The van der Waals surface area contributed by atoms with Gasteiger partial charge in [0.1, 0.15) is 0 Å². The van der Waals surface area contributed by atoms with E-state index in [1.54, 1.807) is 6.07 Å². The Morgan fingerprint density at radius 1 is 1.15 bits per heavy atom. The Morgan fingerprint density at radius 3 is 2.45 bits per heavy atom. The van der Waals surface area contributed by atoms with E-state index in [4.69, 9.17) is 34.8 Å². The van der Waals surface area contributed by atoms with Crippen molar-refractivity contribution < 1.29 is 0 Å². The lowest BCUT2D eigenvalue weighted by molar-refractivity contribution is 0.261. The zero-order chi connectivity index (χ0) is 14.5. The molecule has 1 saturated heterocycles. The van der Waals surface area contributed by atoms with E-state index in [2.05, 4.69) is 24.1 Å². The fourth-order valence-corrected chi connectivity index (χ4v) is 3.75. The SMILES string of the molecule is CC1CNC(C)(C2CC2)CN1c1cc(Cl)c(Cl)cc1Cl. The third-order valence-corrected chi connectivity index (χ3v) is 5.63. The highest BCUT2D eigenvalue weighted by Crippen LogP contribution is 2.43. The Bertz CT molecular complexity index is 530. The van der Waals surface area contributed by atoms with Crippen LogP contribution in [0.5, 0.6) is 0 Å². The molecule has 3 rings (SSSR count). The van der Waals surface area contributed by atoms with E-state index in [1.807, 2.05) is 6.07 Å². The molecular formula is C15H19Cl3N2. The zero-order valence-corrected chi connectivity index (χ0v) is 14.0. The van der Waals surface area contributed by atoms with Gasteiger partial charge in [-0.15, -0.1) is 0 Å². The molecule has 2 atom stereocenters. The standard InChI is InChI=1S/C15H19Cl3N2/c1-9-7-19-15(2,10-3-4-10)8-20(9)14-6-12(17)11(16)5-13(14)18/h5-6,9-10,19H,3-4,7-8H2,1-2H3. The van der Waals surface area contributed by atoms with E-state index >= 15 is 0 Å². The van der Waals surface area contributed by atoms with Crippen LogP contribution in [-0.4, -0.2) is 24.7 Å². The molecule has 5 heteroatoms. The molecule has 20 heavy (non-hydrogen) atoms. The van der Waals surface area contributed by atoms with E-state index in [0.29, 0.717) is 21.1 Å². The molecule has 1 heterocycles. The molecule has 1 N–H and O–H groups in total. The summed E-state index contributed by atoms with van der Waals surface area (Å²) in [7, 11) is 0. The molecule has 2 unspecified atom stereocenters. The van der Waals surface area contributed by atoms with Crippen molar-refractivity contribution in [2.75, 3.05) is 18.0 Å². The Kier molecular flexibility index (Phi) is 3.87. The zero-order valence-electron chi connectivity index (χ0n) is 11.7. The van der Waals surface area contributed by atoms with Gasteiger partial charge in [0.25, 0.3) is 0 Å². The predicted octanol–water partition coefficient (Wildman–Crippen LogP) is 4.61. The monoisotopic (exact) mass is 332 g/mol. The van der Waals surface area contributed by atoms with E-state index < -0.39 is 0 Å². The van der Waals surface area contributed by atoms with Gasteiger partial charge in [-0.3, -0.25) is 0 Å². The molecular weight excluding hydrogens is 315 g/mol. The maximum Gasteiger partial charge on any atom is 0.0655 e. The number of hydrogen-bond donors (Lipinski definition) is 1. The molecule has 0 radical (unpaired) electrons. The molecule has 110 valence electrons. The van der Waals surface area contributed by atoms with Gasteiger partial charge in [-0.1, -0.05) is 34.8 Å². The molecule has 0 bridgehead atoms. The van der Waals surface area contributed by atoms with Crippen molar-refractivity contribution in [2.45, 2.75) is 38.3 Å². The van der Waals surface area contributed by atoms with Crippen molar-refractivity contribution in [2.24, 2.45) is 5.92 Å². The van der Waals surface area contributed by atoms with Gasteiger partial charge >= 0.3 is 0 Å². The molecule has 1 aliphatic heterocycles. The van der Waals surface area contributed by atoms with Gasteiger partial charge in [0.2, 0.25) is 0 Å². The summed E-state index contributed by atoms with van der Waals surface area (Å²) in [5, 5.41) is 5.45. The minimum Gasteiger partial charge on any atom is -0.364 e. The Hall–Kier alpha value is -0.150. The van der Waals surface area contributed by atoms with Crippen LogP contribution in [0.2, 0.25) is 15.1 Å². The van der Waals surface area contributed by atoms with Crippen LogP contribution in [0.4, 0.5) is 5.69 Å². The molecule has 2 nitrogen and oxygen atoms in total. The first-order valence-electron chi connectivity index (χ1n) is 7.07. The Morgan fingerprint density at radius 2 is 1.80 bits per heavy atom. The summed E-state index contributed by atoms with van der Waals surface area (Å²) in [4.78, 5) is 2.36. The average molecular weight is 334 g/mol. The molecule has 1 aliphatic carbocycles. The van der Waals surface area contributed by atoms with Gasteiger partial charge in [0.05, 0.1) is 20.8 Å². The van der Waals surface area contributed by atoms with Crippen molar-refractivity contribution in [3.8, 4) is 0 Å². The van der Waals surface area contributed by atoms with Gasteiger partial charge in [0, 0.05) is 24.7 Å². The highest BCUT2D eigenvalue weighted by atomic mass is 35.5. The average Bonchev–Trinajstić information content (AvgIpc) is 3.22. The lowest BCUT2D eigenvalue weighted by atomic mass is 9.91. The van der Waals surface area contributed by atoms with Crippen LogP contribution in [0.3, 0.4) is 0 Å². The van der Waals surface area contributed by atoms with Crippen molar-refractivity contribution in [1.29, 1.82) is 0 Å². The Balaban J connectivity index is 1.93. The summed E-state index contributed by atoms with van der Waals surface area (Å²) < 4.78 is 0. The first-order valence-corrected chi connectivity index (χ1v) is 8.20. The lowest BCUT2D eigenvalue weighted by Crippen LogP contribution is -2.63. The van der Waals surface area contributed by atoms with Crippen LogP contribution in [-0.2, 0) is 0 Å². The molecule has 2 fully saturated rings. The number of halogens is 3. The smallest absolute Gasteiger partial charge is 0.0655 e. The maximum atomic E-state index is 6.38. The molecule has 2 aliphatic rings. The highest BCUT2D eigenvalue weighted by molar-refractivity contribution is 6.44. The minimum atomic E-state index is 0.169. The van der Waals surface area contributed by atoms with Crippen molar-refractivity contribution in [3.63, 3.8) is 0 Å². The summed E-state index contributed by atoms with van der Waals surface area (Å²) in [5.74, 6) is 0.777. The second-order valence-electron chi connectivity index (χ2n) is 6.27. The van der Waals surface area contributed by atoms with E-state index in [-0.39, 0.29) is 5.54 Å². The molecule has 0 aromatic heterocycles. The number of piperazine rings is 1. The molecule has 0 amide bonds. The first kappa shape index (κ1) is 14.8. The minimum absolute atomic E-state index is 0.169. The Labute approximate surface area is 135 Å². The van der Waals surface area contributed by atoms with Gasteiger partial charge in [-0.25, -0.2) is 0 Å². The number of nitrogens with zero attached hydrogens (tertiary/aromatic N) is 1. The van der Waals surface area contributed by atoms with Crippen LogP contribution in [0.1, 0.15) is 26.7 Å². The second kappa shape index (κ2) is 5.24. The molecule has 1 aromatic rings. The van der Waals surface area contributed by atoms with Gasteiger partial charge in [0.15, 0.2) is 0 Å². The fraction of sp³-hybridized carbons (Fsp3) is 0.600. The third kappa shape index (κ3) is 2.64. The predicted molar refractivity (Wildman–Crippen MR) is 87.4 cm³/mol. The first-order chi connectivity index (χ1) is 9.40. The van der Waals surface area contributed by atoms with E-state index in [0.717, 1.165) is 24.7 Å². The summed E-state index contributed by atoms with van der Waals surface area (Å²) in [6, 6.07) is 4.02. The normalized spacial score (nSPS) is 30.6. The maximum absolute atomic E-state index is 6.38. The summed E-state index contributed by atoms with van der Waals surface area (Å²) in [6.07, 6.45) is 2.64. The van der Waals surface area contributed by atoms with E-state index in [1.165, 1.54) is 12.8 Å². The number of benzene rings is 1.